The van der Waals surface area contributed by atoms with Crippen LogP contribution < -0.4 is 0 Å². The Kier molecular flexibility index (Phi) is 3.63. The second-order valence-corrected chi connectivity index (χ2v) is 4.63. The van der Waals surface area contributed by atoms with Crippen LogP contribution in [0.15, 0.2) is 18.2 Å². The number of aliphatic hydroxyl groups is 1. The molecule has 0 aliphatic carbocycles. The molecule has 4 heteroatoms. The summed E-state index contributed by atoms with van der Waals surface area (Å²) in [6.07, 6.45) is 1.46. The zero-order chi connectivity index (χ0) is 13.1. The summed E-state index contributed by atoms with van der Waals surface area (Å²) in [5, 5.41) is 17.8. The van der Waals surface area contributed by atoms with Crippen molar-refractivity contribution in [2.75, 3.05) is 6.61 Å². The van der Waals surface area contributed by atoms with Crippen LogP contribution >= 0.6 is 0 Å². The van der Waals surface area contributed by atoms with Crippen LogP contribution in [0.25, 0.3) is 11.0 Å². The summed E-state index contributed by atoms with van der Waals surface area (Å²) >= 11 is 0. The van der Waals surface area contributed by atoms with E-state index in [1.54, 1.807) is 0 Å². The molecule has 0 aliphatic heterocycles. The van der Waals surface area contributed by atoms with E-state index in [4.69, 9.17) is 10.4 Å². The second-order valence-electron chi connectivity index (χ2n) is 4.63. The van der Waals surface area contributed by atoms with Gasteiger partial charge < -0.3 is 9.67 Å². The smallest absolute Gasteiger partial charge is 0.110 e. The molecule has 0 atom stereocenters. The second kappa shape index (κ2) is 5.19. The molecule has 1 aromatic carbocycles. The maximum absolute atomic E-state index is 8.93. The van der Waals surface area contributed by atoms with E-state index >= 15 is 0 Å². The minimum atomic E-state index is 0.171. The number of nitrogens with zero attached hydrogens (tertiary/aromatic N) is 3. The molecule has 0 bridgehead atoms. The number of hydrogen-bond donors (Lipinski definition) is 1. The molecule has 1 N–H and O–H groups in total. The molecule has 0 radical (unpaired) electrons. The van der Waals surface area contributed by atoms with Crippen LogP contribution in [0.5, 0.6) is 0 Å². The Hall–Kier alpha value is -1.86. The lowest BCUT2D eigenvalue weighted by molar-refractivity contribution is 0.286. The van der Waals surface area contributed by atoms with E-state index in [9.17, 15) is 0 Å². The summed E-state index contributed by atoms with van der Waals surface area (Å²) in [4.78, 5) is 4.58. The molecule has 0 aliphatic rings. The highest BCUT2D eigenvalue weighted by Gasteiger charge is 2.13. The Labute approximate surface area is 106 Å². The molecule has 0 fully saturated rings. The third-order valence-electron chi connectivity index (χ3n) is 2.97. The molecule has 4 nitrogen and oxygen atoms in total. The monoisotopic (exact) mass is 243 g/mol. The van der Waals surface area contributed by atoms with Crippen molar-refractivity contribution in [3.8, 4) is 6.07 Å². The van der Waals surface area contributed by atoms with Crippen molar-refractivity contribution in [1.29, 1.82) is 5.26 Å². The van der Waals surface area contributed by atoms with Crippen molar-refractivity contribution in [3.63, 3.8) is 0 Å². The lowest BCUT2D eigenvalue weighted by Crippen LogP contribution is -2.07. The van der Waals surface area contributed by atoms with Crippen molar-refractivity contribution >= 4 is 11.0 Å². The van der Waals surface area contributed by atoms with Gasteiger partial charge in [-0.2, -0.15) is 5.26 Å². The molecule has 2 aromatic rings. The van der Waals surface area contributed by atoms with E-state index in [2.05, 4.69) is 29.5 Å². The van der Waals surface area contributed by atoms with Gasteiger partial charge in [0.25, 0.3) is 0 Å². The van der Waals surface area contributed by atoms with Crippen LogP contribution in [0, 0.1) is 11.3 Å². The Balaban J connectivity index is 2.56. The molecular weight excluding hydrogens is 226 g/mol. The standard InChI is InChI=1S/C14H17N3O/c1-10(2)17-13-6-5-11(9-15)8-12(13)16-14(17)4-3-7-18/h5-6,8,10,18H,3-4,7H2,1-2H3. The van der Waals surface area contributed by atoms with Gasteiger partial charge in [-0.15, -0.1) is 0 Å². The quantitative estimate of drug-likeness (QED) is 0.897. The first-order chi connectivity index (χ1) is 8.67. The number of rotatable bonds is 4. The fraction of sp³-hybridized carbons (Fsp3) is 0.429. The average Bonchev–Trinajstić information content (AvgIpc) is 2.73. The molecular formula is C14H17N3O. The van der Waals surface area contributed by atoms with E-state index in [1.807, 2.05) is 18.2 Å². The first-order valence-electron chi connectivity index (χ1n) is 6.19. The fourth-order valence-electron chi connectivity index (χ4n) is 2.21. The van der Waals surface area contributed by atoms with E-state index < -0.39 is 0 Å². The van der Waals surface area contributed by atoms with E-state index in [-0.39, 0.29) is 6.61 Å². The molecule has 94 valence electrons. The fourth-order valence-corrected chi connectivity index (χ4v) is 2.21. The molecule has 0 saturated heterocycles. The van der Waals surface area contributed by atoms with Gasteiger partial charge in [0.1, 0.15) is 5.82 Å². The van der Waals surface area contributed by atoms with E-state index in [0.29, 0.717) is 18.0 Å². The van der Waals surface area contributed by atoms with Gasteiger partial charge in [-0.3, -0.25) is 0 Å². The van der Waals surface area contributed by atoms with Crippen molar-refractivity contribution in [1.82, 2.24) is 9.55 Å². The van der Waals surface area contributed by atoms with Crippen LogP contribution in [-0.2, 0) is 6.42 Å². The molecule has 0 amide bonds. The predicted molar refractivity (Wildman–Crippen MR) is 70.2 cm³/mol. The van der Waals surface area contributed by atoms with Crippen LogP contribution in [0.2, 0.25) is 0 Å². The van der Waals surface area contributed by atoms with Gasteiger partial charge in [-0.25, -0.2) is 4.98 Å². The molecule has 1 aromatic heterocycles. The van der Waals surface area contributed by atoms with Gasteiger partial charge in [0.05, 0.1) is 22.7 Å². The van der Waals surface area contributed by atoms with Gasteiger partial charge in [-0.05, 0) is 38.5 Å². The van der Waals surface area contributed by atoms with Crippen LogP contribution in [0.4, 0.5) is 0 Å². The SMILES string of the molecule is CC(C)n1c(CCCO)nc2cc(C#N)ccc21. The number of imidazole rings is 1. The molecule has 1 heterocycles. The molecule has 2 rings (SSSR count). The first kappa shape index (κ1) is 12.6. The van der Waals surface area contributed by atoms with Crippen molar-refractivity contribution in [2.24, 2.45) is 0 Å². The normalized spacial score (nSPS) is 11.1. The Morgan fingerprint density at radius 2 is 2.22 bits per heavy atom. The third-order valence-corrected chi connectivity index (χ3v) is 2.97. The Morgan fingerprint density at radius 3 is 2.83 bits per heavy atom. The highest BCUT2D eigenvalue weighted by Crippen LogP contribution is 2.22. The zero-order valence-corrected chi connectivity index (χ0v) is 10.7. The number of benzene rings is 1. The molecule has 0 saturated carbocycles. The summed E-state index contributed by atoms with van der Waals surface area (Å²) in [6, 6.07) is 8.03. The van der Waals surface area contributed by atoms with Gasteiger partial charge in [-0.1, -0.05) is 0 Å². The lowest BCUT2D eigenvalue weighted by Gasteiger charge is -2.12. The van der Waals surface area contributed by atoms with Gasteiger partial charge in [0.2, 0.25) is 0 Å². The predicted octanol–water partition coefficient (Wildman–Crippen LogP) is 2.41. The van der Waals surface area contributed by atoms with Crippen LogP contribution in [-0.4, -0.2) is 21.3 Å². The Morgan fingerprint density at radius 1 is 1.44 bits per heavy atom. The number of aryl methyl sites for hydroxylation is 1. The minimum Gasteiger partial charge on any atom is -0.396 e. The van der Waals surface area contributed by atoms with Crippen molar-refractivity contribution in [2.45, 2.75) is 32.7 Å². The summed E-state index contributed by atoms with van der Waals surface area (Å²) < 4.78 is 2.17. The number of nitriles is 1. The zero-order valence-electron chi connectivity index (χ0n) is 10.7. The van der Waals surface area contributed by atoms with Gasteiger partial charge in [0, 0.05) is 19.1 Å². The molecule has 18 heavy (non-hydrogen) atoms. The number of aliphatic hydroxyl groups excluding tert-OH is 1. The van der Waals surface area contributed by atoms with Crippen molar-refractivity contribution < 1.29 is 5.11 Å². The summed E-state index contributed by atoms with van der Waals surface area (Å²) in [5.74, 6) is 0.976. The topological polar surface area (TPSA) is 61.8 Å². The number of aromatic nitrogens is 2. The molecule has 0 unspecified atom stereocenters. The van der Waals surface area contributed by atoms with Crippen LogP contribution in [0.1, 0.15) is 37.7 Å². The summed E-state index contributed by atoms with van der Waals surface area (Å²) in [6.45, 7) is 4.40. The van der Waals surface area contributed by atoms with E-state index in [1.165, 1.54) is 0 Å². The minimum absolute atomic E-state index is 0.171. The Bertz CT molecular complexity index is 593. The number of hydrogen-bond acceptors (Lipinski definition) is 3. The number of fused-ring (bicyclic) bond motifs is 1. The summed E-state index contributed by atoms with van der Waals surface area (Å²) in [7, 11) is 0. The molecule has 0 spiro atoms. The average molecular weight is 243 g/mol. The maximum atomic E-state index is 8.93. The first-order valence-corrected chi connectivity index (χ1v) is 6.19. The van der Waals surface area contributed by atoms with E-state index in [0.717, 1.165) is 23.3 Å². The van der Waals surface area contributed by atoms with Crippen molar-refractivity contribution in [3.05, 3.63) is 29.6 Å². The lowest BCUT2D eigenvalue weighted by atomic mass is 10.2. The van der Waals surface area contributed by atoms with Gasteiger partial charge >= 0.3 is 0 Å². The maximum Gasteiger partial charge on any atom is 0.110 e. The third kappa shape index (κ3) is 2.22. The van der Waals surface area contributed by atoms with Crippen LogP contribution in [0.3, 0.4) is 0 Å². The largest absolute Gasteiger partial charge is 0.396 e. The highest BCUT2D eigenvalue weighted by molar-refractivity contribution is 5.78. The highest BCUT2D eigenvalue weighted by atomic mass is 16.2. The van der Waals surface area contributed by atoms with Gasteiger partial charge in [0.15, 0.2) is 0 Å². The summed E-state index contributed by atoms with van der Waals surface area (Å²) in [5.41, 5.74) is 2.54.